The standard InChI is InChI=1S/C22H18IN3O2S/c1-2-28-16-9-10-19-20(12-16)29-22(25-19)26(14-15-6-5-11-24-13-15)21(27)17-7-3-4-8-18(17)23/h3-13H,2,14H2,1H3. The highest BCUT2D eigenvalue weighted by Crippen LogP contribution is 2.33. The first-order valence-electron chi connectivity index (χ1n) is 9.14. The number of rotatable bonds is 6. The van der Waals surface area contributed by atoms with Gasteiger partial charge in [-0.05, 0) is 71.5 Å². The minimum absolute atomic E-state index is 0.0806. The van der Waals surface area contributed by atoms with Gasteiger partial charge in [-0.25, -0.2) is 4.98 Å². The summed E-state index contributed by atoms with van der Waals surface area (Å²) in [6, 6.07) is 17.2. The van der Waals surface area contributed by atoms with E-state index < -0.39 is 0 Å². The number of nitrogens with zero attached hydrogens (tertiary/aromatic N) is 3. The summed E-state index contributed by atoms with van der Waals surface area (Å²) in [6.45, 7) is 2.96. The summed E-state index contributed by atoms with van der Waals surface area (Å²) in [4.78, 5) is 24.1. The Labute approximate surface area is 186 Å². The van der Waals surface area contributed by atoms with Gasteiger partial charge < -0.3 is 4.74 Å². The highest BCUT2D eigenvalue weighted by Gasteiger charge is 2.23. The molecule has 0 aliphatic heterocycles. The van der Waals surface area contributed by atoms with Gasteiger partial charge in [-0.1, -0.05) is 29.5 Å². The van der Waals surface area contributed by atoms with Crippen LogP contribution in [0.5, 0.6) is 5.75 Å². The Hall–Kier alpha value is -2.52. The summed E-state index contributed by atoms with van der Waals surface area (Å²) >= 11 is 3.68. The van der Waals surface area contributed by atoms with Crippen LogP contribution in [0, 0.1) is 3.57 Å². The number of halogens is 1. The Kier molecular flexibility index (Phi) is 6.05. The normalized spacial score (nSPS) is 10.8. The third-order valence-corrected chi connectivity index (χ3v) is 6.29. The van der Waals surface area contributed by atoms with Crippen molar-refractivity contribution in [1.29, 1.82) is 0 Å². The fraction of sp³-hybridized carbons (Fsp3) is 0.136. The molecule has 0 saturated carbocycles. The van der Waals surface area contributed by atoms with Crippen LogP contribution >= 0.6 is 33.9 Å². The molecule has 0 bridgehead atoms. The van der Waals surface area contributed by atoms with E-state index in [1.54, 1.807) is 17.3 Å². The molecule has 0 atom stereocenters. The van der Waals surface area contributed by atoms with Gasteiger partial charge in [-0.3, -0.25) is 14.7 Å². The number of benzene rings is 2. The minimum atomic E-state index is -0.0806. The zero-order chi connectivity index (χ0) is 20.2. The molecule has 2 aromatic carbocycles. The summed E-state index contributed by atoms with van der Waals surface area (Å²) in [6.07, 6.45) is 3.50. The number of amides is 1. The Balaban J connectivity index is 1.76. The fourth-order valence-electron chi connectivity index (χ4n) is 2.95. The third kappa shape index (κ3) is 4.40. The smallest absolute Gasteiger partial charge is 0.261 e. The summed E-state index contributed by atoms with van der Waals surface area (Å²) in [7, 11) is 0. The summed E-state index contributed by atoms with van der Waals surface area (Å²) in [5, 5.41) is 0.655. The number of aromatic nitrogens is 2. The van der Waals surface area contributed by atoms with Crippen molar-refractivity contribution in [2.24, 2.45) is 0 Å². The molecule has 146 valence electrons. The van der Waals surface area contributed by atoms with Crippen molar-refractivity contribution in [1.82, 2.24) is 9.97 Å². The van der Waals surface area contributed by atoms with Gasteiger partial charge in [-0.2, -0.15) is 0 Å². The number of ether oxygens (including phenoxy) is 1. The molecule has 5 nitrogen and oxygen atoms in total. The maximum absolute atomic E-state index is 13.5. The van der Waals surface area contributed by atoms with Crippen LogP contribution in [0.3, 0.4) is 0 Å². The molecule has 0 saturated heterocycles. The monoisotopic (exact) mass is 515 g/mol. The van der Waals surface area contributed by atoms with E-state index in [9.17, 15) is 4.79 Å². The van der Waals surface area contributed by atoms with Gasteiger partial charge in [0.25, 0.3) is 5.91 Å². The Morgan fingerprint density at radius 1 is 1.17 bits per heavy atom. The molecule has 0 aliphatic rings. The van der Waals surface area contributed by atoms with Crippen molar-refractivity contribution in [3.8, 4) is 5.75 Å². The molecule has 4 rings (SSSR count). The number of pyridine rings is 1. The largest absolute Gasteiger partial charge is 0.494 e. The predicted octanol–water partition coefficient (Wildman–Crippen LogP) is 5.54. The van der Waals surface area contributed by atoms with Gasteiger partial charge in [0, 0.05) is 16.0 Å². The van der Waals surface area contributed by atoms with Crippen LogP contribution in [0.1, 0.15) is 22.8 Å². The molecule has 7 heteroatoms. The second-order valence-electron chi connectivity index (χ2n) is 6.29. The number of hydrogen-bond acceptors (Lipinski definition) is 5. The van der Waals surface area contributed by atoms with Crippen LogP contribution in [0.25, 0.3) is 10.2 Å². The summed E-state index contributed by atoms with van der Waals surface area (Å²) in [5.74, 6) is 0.723. The van der Waals surface area contributed by atoms with Crippen LogP contribution in [-0.4, -0.2) is 22.5 Å². The summed E-state index contributed by atoms with van der Waals surface area (Å²) < 4.78 is 7.49. The molecule has 2 aromatic heterocycles. The van der Waals surface area contributed by atoms with E-state index >= 15 is 0 Å². The Morgan fingerprint density at radius 2 is 2.03 bits per heavy atom. The molecule has 4 aromatic rings. The van der Waals surface area contributed by atoms with Gasteiger partial charge >= 0.3 is 0 Å². The first-order chi connectivity index (χ1) is 14.2. The third-order valence-electron chi connectivity index (χ3n) is 4.30. The maximum Gasteiger partial charge on any atom is 0.261 e. The molecule has 0 N–H and O–H groups in total. The van der Waals surface area contributed by atoms with E-state index in [2.05, 4.69) is 27.6 Å². The lowest BCUT2D eigenvalue weighted by Gasteiger charge is -2.20. The van der Waals surface area contributed by atoms with Crippen LogP contribution in [-0.2, 0) is 6.54 Å². The van der Waals surface area contributed by atoms with E-state index in [0.29, 0.717) is 23.8 Å². The van der Waals surface area contributed by atoms with Crippen molar-refractivity contribution >= 4 is 55.2 Å². The lowest BCUT2D eigenvalue weighted by Crippen LogP contribution is -2.31. The van der Waals surface area contributed by atoms with E-state index in [4.69, 9.17) is 9.72 Å². The molecular weight excluding hydrogens is 497 g/mol. The SMILES string of the molecule is CCOc1ccc2nc(N(Cc3cccnc3)C(=O)c3ccccc3I)sc2c1. The molecule has 0 aliphatic carbocycles. The fourth-order valence-corrected chi connectivity index (χ4v) is 4.56. The molecule has 2 heterocycles. The first kappa shape index (κ1) is 19.8. The van der Waals surface area contributed by atoms with Gasteiger partial charge in [0.05, 0.1) is 28.9 Å². The van der Waals surface area contributed by atoms with Gasteiger partial charge in [0.1, 0.15) is 5.75 Å². The first-order valence-corrected chi connectivity index (χ1v) is 11.0. The molecule has 1 amide bonds. The lowest BCUT2D eigenvalue weighted by molar-refractivity contribution is 0.0984. The summed E-state index contributed by atoms with van der Waals surface area (Å²) in [5.41, 5.74) is 2.45. The number of thiazole rings is 1. The molecule has 0 spiro atoms. The highest BCUT2D eigenvalue weighted by molar-refractivity contribution is 14.1. The second kappa shape index (κ2) is 8.87. The lowest BCUT2D eigenvalue weighted by atomic mass is 10.2. The van der Waals surface area contributed by atoms with Gasteiger partial charge in [0.2, 0.25) is 0 Å². The maximum atomic E-state index is 13.5. The zero-order valence-corrected chi connectivity index (χ0v) is 18.7. The number of carbonyl (C=O) groups excluding carboxylic acids is 1. The number of carbonyl (C=O) groups is 1. The molecule has 0 unspecified atom stereocenters. The number of fused-ring (bicyclic) bond motifs is 1. The van der Waals surface area contributed by atoms with Gasteiger partial charge in [-0.15, -0.1) is 0 Å². The zero-order valence-electron chi connectivity index (χ0n) is 15.7. The Morgan fingerprint density at radius 3 is 2.79 bits per heavy atom. The average molecular weight is 515 g/mol. The number of anilines is 1. The van der Waals surface area contributed by atoms with Crippen LogP contribution in [0.4, 0.5) is 5.13 Å². The van der Waals surface area contributed by atoms with E-state index in [-0.39, 0.29) is 5.91 Å². The second-order valence-corrected chi connectivity index (χ2v) is 8.46. The van der Waals surface area contributed by atoms with Crippen molar-refractivity contribution in [3.05, 3.63) is 81.7 Å². The molecular formula is C22H18IN3O2S. The van der Waals surface area contributed by atoms with Crippen molar-refractivity contribution in [3.63, 3.8) is 0 Å². The van der Waals surface area contributed by atoms with Crippen molar-refractivity contribution in [2.75, 3.05) is 11.5 Å². The van der Waals surface area contributed by atoms with E-state index in [1.165, 1.54) is 11.3 Å². The quantitative estimate of drug-likeness (QED) is 0.317. The van der Waals surface area contributed by atoms with Crippen LogP contribution in [0.2, 0.25) is 0 Å². The number of hydrogen-bond donors (Lipinski definition) is 0. The topological polar surface area (TPSA) is 55.3 Å². The highest BCUT2D eigenvalue weighted by atomic mass is 127. The van der Waals surface area contributed by atoms with Crippen molar-refractivity contribution < 1.29 is 9.53 Å². The molecule has 0 fully saturated rings. The van der Waals surface area contributed by atoms with Crippen LogP contribution in [0.15, 0.2) is 67.0 Å². The van der Waals surface area contributed by atoms with Crippen LogP contribution < -0.4 is 9.64 Å². The Bertz CT molecular complexity index is 1150. The molecule has 29 heavy (non-hydrogen) atoms. The van der Waals surface area contributed by atoms with Gasteiger partial charge in [0.15, 0.2) is 5.13 Å². The van der Waals surface area contributed by atoms with E-state index in [0.717, 1.165) is 25.1 Å². The minimum Gasteiger partial charge on any atom is -0.494 e. The van der Waals surface area contributed by atoms with Crippen molar-refractivity contribution in [2.45, 2.75) is 13.5 Å². The molecule has 0 radical (unpaired) electrons. The average Bonchev–Trinajstić information content (AvgIpc) is 3.16. The van der Waals surface area contributed by atoms with E-state index in [1.807, 2.05) is 61.5 Å². The predicted molar refractivity (Wildman–Crippen MR) is 125 cm³/mol.